The van der Waals surface area contributed by atoms with Crippen LogP contribution < -0.4 is 5.19 Å². The van der Waals surface area contributed by atoms with E-state index < -0.39 is 0 Å². The smallest absolute Gasteiger partial charge is 0.115 e. The quantitative estimate of drug-likeness (QED) is 0.727. The van der Waals surface area contributed by atoms with Gasteiger partial charge in [-0.15, -0.1) is 0 Å². The van der Waals surface area contributed by atoms with Crippen LogP contribution in [0.3, 0.4) is 0 Å². The molecule has 0 saturated heterocycles. The second-order valence-electron chi connectivity index (χ2n) is 4.36. The summed E-state index contributed by atoms with van der Waals surface area (Å²) < 4.78 is 0. The number of aromatic hydroxyl groups is 1. The molecule has 0 heterocycles. The number of hydrogen-bond donors (Lipinski definition) is 1. The van der Waals surface area contributed by atoms with E-state index in [-0.39, 0.29) is 9.52 Å². The van der Waals surface area contributed by atoms with Gasteiger partial charge in [-0.2, -0.15) is 0 Å². The molecule has 0 unspecified atom stereocenters. The molecule has 0 amide bonds. The largest absolute Gasteiger partial charge is 0.508 e. The van der Waals surface area contributed by atoms with Crippen LogP contribution in [0.25, 0.3) is 0 Å². The molecule has 0 aliphatic carbocycles. The molecule has 0 fully saturated rings. The molecule has 0 spiro atoms. The Labute approximate surface area is 82.6 Å². The van der Waals surface area contributed by atoms with E-state index in [4.69, 9.17) is 5.11 Å². The van der Waals surface area contributed by atoms with Gasteiger partial charge in [-0.1, -0.05) is 44.5 Å². The Bertz CT molecular complexity index is 264. The minimum Gasteiger partial charge on any atom is -0.508 e. The Balaban J connectivity index is 2.69. The topological polar surface area (TPSA) is 20.2 Å². The van der Waals surface area contributed by atoms with Gasteiger partial charge in [0.1, 0.15) is 5.75 Å². The van der Waals surface area contributed by atoms with E-state index in [2.05, 4.69) is 32.9 Å². The normalized spacial score (nSPS) is 12.5. The van der Waals surface area contributed by atoms with Gasteiger partial charge < -0.3 is 5.11 Å². The monoisotopic (exact) mass is 194 g/mol. The summed E-state index contributed by atoms with van der Waals surface area (Å²) in [5, 5.41) is 11.1. The van der Waals surface area contributed by atoms with Gasteiger partial charge in [0.15, 0.2) is 0 Å². The predicted molar refractivity (Wildman–Crippen MR) is 60.6 cm³/mol. The van der Waals surface area contributed by atoms with E-state index in [0.29, 0.717) is 10.8 Å². The number of hydrogen-bond acceptors (Lipinski definition) is 1. The molecule has 1 rings (SSSR count). The van der Waals surface area contributed by atoms with Gasteiger partial charge in [-0.3, -0.25) is 0 Å². The van der Waals surface area contributed by atoms with Crippen molar-refractivity contribution in [1.29, 1.82) is 0 Å². The van der Waals surface area contributed by atoms with Crippen LogP contribution in [-0.4, -0.2) is 14.6 Å². The lowest BCUT2D eigenvalue weighted by atomic mass is 10.1. The third kappa shape index (κ3) is 3.23. The van der Waals surface area contributed by atoms with Crippen molar-refractivity contribution in [3.05, 3.63) is 24.3 Å². The van der Waals surface area contributed by atoms with Crippen LogP contribution in [-0.2, 0) is 0 Å². The fourth-order valence-corrected chi connectivity index (χ4v) is 3.12. The highest BCUT2D eigenvalue weighted by molar-refractivity contribution is 6.56. The third-order valence-corrected chi connectivity index (χ3v) is 4.91. The summed E-state index contributed by atoms with van der Waals surface area (Å²) >= 11 is 0. The Morgan fingerprint density at radius 1 is 1.23 bits per heavy atom. The molecule has 0 atom stereocenters. The highest BCUT2D eigenvalue weighted by Crippen LogP contribution is 2.26. The summed E-state index contributed by atoms with van der Waals surface area (Å²) in [7, 11) is -0.211. The molecule has 2 heteroatoms. The SMILES string of the molecule is CCC(C)(C)[SiH2]c1ccc(O)cc1. The van der Waals surface area contributed by atoms with Crippen molar-refractivity contribution in [1.82, 2.24) is 0 Å². The summed E-state index contributed by atoms with van der Waals surface area (Å²) in [5.74, 6) is 0.368. The fraction of sp³-hybridized carbons (Fsp3) is 0.455. The first-order valence-corrected chi connectivity index (χ1v) is 6.23. The Morgan fingerprint density at radius 3 is 2.23 bits per heavy atom. The van der Waals surface area contributed by atoms with Gasteiger partial charge in [0.2, 0.25) is 0 Å². The molecule has 1 N–H and O–H groups in total. The van der Waals surface area contributed by atoms with Crippen molar-refractivity contribution < 1.29 is 5.11 Å². The Kier molecular flexibility index (Phi) is 3.15. The van der Waals surface area contributed by atoms with Gasteiger partial charge in [0, 0.05) is 0 Å². The van der Waals surface area contributed by atoms with Crippen molar-refractivity contribution in [3.8, 4) is 5.75 Å². The molecule has 1 aromatic rings. The van der Waals surface area contributed by atoms with Crippen molar-refractivity contribution >= 4 is 14.7 Å². The molecule has 0 aliphatic rings. The molecule has 1 aromatic carbocycles. The predicted octanol–water partition coefficient (Wildman–Crippen LogP) is 1.79. The number of benzene rings is 1. The minimum absolute atomic E-state index is 0.211. The lowest BCUT2D eigenvalue weighted by Gasteiger charge is -2.21. The zero-order chi connectivity index (χ0) is 9.90. The van der Waals surface area contributed by atoms with E-state index in [1.54, 1.807) is 12.1 Å². The summed E-state index contributed by atoms with van der Waals surface area (Å²) in [6.07, 6.45) is 1.24. The maximum Gasteiger partial charge on any atom is 0.115 e. The van der Waals surface area contributed by atoms with Crippen molar-refractivity contribution in [2.24, 2.45) is 0 Å². The molecule has 0 radical (unpaired) electrons. The number of phenols is 1. The fourth-order valence-electron chi connectivity index (χ4n) is 1.29. The Hall–Kier alpha value is -0.763. The molecular weight excluding hydrogens is 176 g/mol. The van der Waals surface area contributed by atoms with E-state index in [0.717, 1.165) is 0 Å². The maximum absolute atomic E-state index is 9.13. The zero-order valence-electron chi connectivity index (χ0n) is 8.67. The lowest BCUT2D eigenvalue weighted by molar-refractivity contribution is 0.475. The summed E-state index contributed by atoms with van der Waals surface area (Å²) in [6, 6.07) is 7.68. The van der Waals surface area contributed by atoms with Crippen LogP contribution in [0, 0.1) is 0 Å². The van der Waals surface area contributed by atoms with E-state index in [1.807, 2.05) is 0 Å². The average Bonchev–Trinajstić information content (AvgIpc) is 2.09. The lowest BCUT2D eigenvalue weighted by Crippen LogP contribution is -2.24. The zero-order valence-corrected chi connectivity index (χ0v) is 10.1. The number of phenolic OH excluding ortho intramolecular Hbond substituents is 1. The molecule has 1 nitrogen and oxygen atoms in total. The summed E-state index contributed by atoms with van der Waals surface area (Å²) in [6.45, 7) is 6.89. The van der Waals surface area contributed by atoms with Gasteiger partial charge >= 0.3 is 0 Å². The second-order valence-corrected chi connectivity index (χ2v) is 7.45. The van der Waals surface area contributed by atoms with Gasteiger partial charge in [-0.05, 0) is 17.2 Å². The van der Waals surface area contributed by atoms with Gasteiger partial charge in [0.25, 0.3) is 0 Å². The van der Waals surface area contributed by atoms with Crippen molar-refractivity contribution in [2.45, 2.75) is 32.2 Å². The molecular formula is C11H18OSi. The molecule has 0 bridgehead atoms. The summed E-state index contributed by atoms with van der Waals surface area (Å²) in [5.41, 5.74) is 0. The van der Waals surface area contributed by atoms with Gasteiger partial charge in [-0.25, -0.2) is 0 Å². The molecule has 0 aromatic heterocycles. The first-order valence-electron chi connectivity index (χ1n) is 4.81. The maximum atomic E-state index is 9.13. The van der Waals surface area contributed by atoms with Crippen LogP contribution in [0.15, 0.2) is 24.3 Å². The highest BCUT2D eigenvalue weighted by atomic mass is 28.2. The average molecular weight is 194 g/mol. The van der Waals surface area contributed by atoms with Crippen LogP contribution >= 0.6 is 0 Å². The standard InChI is InChI=1S/C11H18OSi/c1-4-11(2,3)13-10-7-5-9(12)6-8-10/h5-8,12H,4,13H2,1-3H3. The Morgan fingerprint density at radius 2 is 1.77 bits per heavy atom. The first kappa shape index (κ1) is 10.3. The van der Waals surface area contributed by atoms with Crippen LogP contribution in [0.4, 0.5) is 0 Å². The van der Waals surface area contributed by atoms with Crippen LogP contribution in [0.5, 0.6) is 5.75 Å². The van der Waals surface area contributed by atoms with E-state index in [1.165, 1.54) is 11.6 Å². The highest BCUT2D eigenvalue weighted by Gasteiger charge is 2.16. The minimum atomic E-state index is -0.211. The molecule has 72 valence electrons. The van der Waals surface area contributed by atoms with E-state index in [9.17, 15) is 0 Å². The molecule has 13 heavy (non-hydrogen) atoms. The van der Waals surface area contributed by atoms with Crippen molar-refractivity contribution in [3.63, 3.8) is 0 Å². The van der Waals surface area contributed by atoms with E-state index >= 15 is 0 Å². The van der Waals surface area contributed by atoms with Gasteiger partial charge in [0.05, 0.1) is 9.52 Å². The molecule has 0 saturated carbocycles. The molecule has 0 aliphatic heterocycles. The third-order valence-electron chi connectivity index (χ3n) is 2.58. The number of rotatable bonds is 3. The first-order chi connectivity index (χ1) is 6.03. The second kappa shape index (κ2) is 3.96. The summed E-state index contributed by atoms with van der Waals surface area (Å²) in [4.78, 5) is 0. The van der Waals surface area contributed by atoms with Crippen molar-refractivity contribution in [2.75, 3.05) is 0 Å². The van der Waals surface area contributed by atoms with Crippen LogP contribution in [0.2, 0.25) is 5.04 Å². The van der Waals surface area contributed by atoms with Crippen LogP contribution in [0.1, 0.15) is 27.2 Å².